The summed E-state index contributed by atoms with van der Waals surface area (Å²) in [6, 6.07) is 24.5. The van der Waals surface area contributed by atoms with Gasteiger partial charge >= 0.3 is 12.3 Å². The Labute approximate surface area is 233 Å². The summed E-state index contributed by atoms with van der Waals surface area (Å²) in [7, 11) is 0. The molecule has 0 fully saturated rings. The fourth-order valence-electron chi connectivity index (χ4n) is 3.90. The zero-order chi connectivity index (χ0) is 28.5. The molecule has 0 spiro atoms. The maximum atomic E-state index is 12.8. The minimum Gasteiger partial charge on any atom is -0.447 e. The normalized spacial score (nSPS) is 11.3. The number of ether oxygens (including phenoxy) is 1. The van der Waals surface area contributed by atoms with Crippen LogP contribution in [0.25, 0.3) is 10.6 Å². The van der Waals surface area contributed by atoms with Crippen LogP contribution in [-0.4, -0.2) is 35.0 Å². The highest BCUT2D eigenvalue weighted by Crippen LogP contribution is 2.33. The molecule has 2 N–H and O–H groups in total. The molecule has 4 rings (SSSR count). The van der Waals surface area contributed by atoms with E-state index in [0.717, 1.165) is 34.6 Å². The lowest BCUT2D eigenvalue weighted by molar-refractivity contribution is -0.137. The second kappa shape index (κ2) is 13.2. The lowest BCUT2D eigenvalue weighted by Gasteiger charge is -2.22. The third-order valence-electron chi connectivity index (χ3n) is 5.88. The van der Waals surface area contributed by atoms with Crippen LogP contribution in [0, 0.1) is 6.92 Å². The molecule has 0 aliphatic heterocycles. The van der Waals surface area contributed by atoms with Crippen LogP contribution in [-0.2, 0) is 24.0 Å². The van der Waals surface area contributed by atoms with Gasteiger partial charge in [-0.25, -0.2) is 15.2 Å². The number of halogens is 3. The molecule has 4 aromatic rings. The lowest BCUT2D eigenvalue weighted by Crippen LogP contribution is -2.42. The first kappa shape index (κ1) is 28.8. The highest BCUT2D eigenvalue weighted by atomic mass is 32.1. The monoisotopic (exact) mass is 568 g/mol. The van der Waals surface area contributed by atoms with E-state index >= 15 is 0 Å². The Kier molecular flexibility index (Phi) is 9.52. The number of carbonyl (C=O) groups excluding carboxylic acids is 2. The van der Waals surface area contributed by atoms with Crippen LogP contribution in [0.1, 0.15) is 32.1 Å². The Morgan fingerprint density at radius 1 is 0.875 bits per heavy atom. The average Bonchev–Trinajstić information content (AvgIpc) is 3.34. The predicted molar refractivity (Wildman–Crippen MR) is 146 cm³/mol. The summed E-state index contributed by atoms with van der Waals surface area (Å²) in [6.45, 7) is 3.51. The number of hydrogen-bond donors (Lipinski definition) is 2. The zero-order valence-electron chi connectivity index (χ0n) is 21.6. The van der Waals surface area contributed by atoms with E-state index in [1.54, 1.807) is 6.92 Å². The van der Waals surface area contributed by atoms with Gasteiger partial charge in [0.05, 0.1) is 11.3 Å². The van der Waals surface area contributed by atoms with Crippen molar-refractivity contribution < 1.29 is 27.5 Å². The molecular weight excluding hydrogens is 541 g/mol. The number of hydrazine groups is 1. The SMILES string of the molecule is Cc1nc(-c2ccc(C(F)(F)F)cc2)sc1C(=O)NNC(=O)OCCN(Cc1ccccc1)Cc1ccccc1. The van der Waals surface area contributed by atoms with E-state index in [1.165, 1.54) is 12.1 Å². The van der Waals surface area contributed by atoms with Crippen molar-refractivity contribution in [1.29, 1.82) is 0 Å². The number of aromatic nitrogens is 1. The van der Waals surface area contributed by atoms with E-state index in [-0.39, 0.29) is 11.5 Å². The molecular formula is C29H27F3N4O3S. The Bertz CT molecular complexity index is 1370. The smallest absolute Gasteiger partial charge is 0.426 e. The second-order valence-corrected chi connectivity index (χ2v) is 9.90. The summed E-state index contributed by atoms with van der Waals surface area (Å²) >= 11 is 1.01. The van der Waals surface area contributed by atoms with Gasteiger partial charge in [0, 0.05) is 25.2 Å². The van der Waals surface area contributed by atoms with Gasteiger partial charge in [-0.2, -0.15) is 13.2 Å². The number of alkyl halides is 3. The third kappa shape index (κ3) is 8.14. The molecule has 0 bridgehead atoms. The molecule has 0 atom stereocenters. The van der Waals surface area contributed by atoms with Crippen molar-refractivity contribution in [3.05, 3.63) is 112 Å². The van der Waals surface area contributed by atoms with E-state index in [9.17, 15) is 22.8 Å². The van der Waals surface area contributed by atoms with Crippen molar-refractivity contribution in [3.63, 3.8) is 0 Å². The Hall–Kier alpha value is -4.22. The molecule has 11 heteroatoms. The van der Waals surface area contributed by atoms with Gasteiger partial charge in [0.1, 0.15) is 16.5 Å². The standard InChI is InChI=1S/C29H27F3N4O3S/c1-20-25(40-27(33-20)23-12-14-24(15-13-23)29(30,31)32)26(37)34-35-28(38)39-17-16-36(18-21-8-4-2-5-9-21)19-22-10-6-3-7-11-22/h2-15H,16-19H2,1H3,(H,34,37)(H,35,38). The topological polar surface area (TPSA) is 83.6 Å². The van der Waals surface area contributed by atoms with E-state index in [1.807, 2.05) is 60.7 Å². The largest absolute Gasteiger partial charge is 0.447 e. The maximum absolute atomic E-state index is 12.8. The number of benzene rings is 3. The average molecular weight is 569 g/mol. The Balaban J connectivity index is 1.28. The van der Waals surface area contributed by atoms with Gasteiger partial charge in [-0.15, -0.1) is 11.3 Å². The first-order valence-electron chi connectivity index (χ1n) is 12.4. The number of amides is 2. The summed E-state index contributed by atoms with van der Waals surface area (Å²) in [5, 5.41) is 0.385. The van der Waals surface area contributed by atoms with Crippen LogP contribution < -0.4 is 10.9 Å². The van der Waals surface area contributed by atoms with Gasteiger partial charge in [-0.05, 0) is 30.2 Å². The van der Waals surface area contributed by atoms with Crippen molar-refractivity contribution in [2.24, 2.45) is 0 Å². The number of nitrogens with zero attached hydrogens (tertiary/aromatic N) is 2. The van der Waals surface area contributed by atoms with E-state index < -0.39 is 23.7 Å². The molecule has 40 heavy (non-hydrogen) atoms. The summed E-state index contributed by atoms with van der Waals surface area (Å²) in [6.07, 6.45) is -5.26. The van der Waals surface area contributed by atoms with Crippen LogP contribution in [0.5, 0.6) is 0 Å². The molecule has 0 saturated heterocycles. The van der Waals surface area contributed by atoms with E-state index in [4.69, 9.17) is 4.74 Å². The van der Waals surface area contributed by atoms with Crippen molar-refractivity contribution in [3.8, 4) is 10.6 Å². The van der Waals surface area contributed by atoms with Crippen LogP contribution >= 0.6 is 11.3 Å². The number of thiazole rings is 1. The number of aryl methyl sites for hydroxylation is 1. The number of carbonyl (C=O) groups is 2. The highest BCUT2D eigenvalue weighted by molar-refractivity contribution is 7.17. The van der Waals surface area contributed by atoms with Crippen LogP contribution in [0.15, 0.2) is 84.9 Å². The van der Waals surface area contributed by atoms with E-state index in [2.05, 4.69) is 20.7 Å². The van der Waals surface area contributed by atoms with Crippen molar-refractivity contribution in [2.75, 3.05) is 13.2 Å². The second-order valence-electron chi connectivity index (χ2n) is 8.91. The summed E-state index contributed by atoms with van der Waals surface area (Å²) in [5.74, 6) is -0.611. The van der Waals surface area contributed by atoms with Gasteiger partial charge in [0.15, 0.2) is 0 Å². The fourth-order valence-corrected chi connectivity index (χ4v) is 4.86. The van der Waals surface area contributed by atoms with Crippen molar-refractivity contribution >= 4 is 23.3 Å². The molecule has 2 amide bonds. The molecule has 208 valence electrons. The van der Waals surface area contributed by atoms with Gasteiger partial charge in [-0.3, -0.25) is 15.1 Å². The van der Waals surface area contributed by atoms with Gasteiger partial charge in [0.2, 0.25) is 0 Å². The number of hydrogen-bond acceptors (Lipinski definition) is 6. The molecule has 0 radical (unpaired) electrons. The molecule has 0 aliphatic rings. The molecule has 7 nitrogen and oxygen atoms in total. The van der Waals surface area contributed by atoms with E-state index in [0.29, 0.717) is 35.9 Å². The van der Waals surface area contributed by atoms with Gasteiger partial charge in [0.25, 0.3) is 5.91 Å². The quantitative estimate of drug-likeness (QED) is 0.235. The Morgan fingerprint density at radius 2 is 1.45 bits per heavy atom. The zero-order valence-corrected chi connectivity index (χ0v) is 22.4. The maximum Gasteiger partial charge on any atom is 0.426 e. The highest BCUT2D eigenvalue weighted by Gasteiger charge is 2.30. The van der Waals surface area contributed by atoms with Gasteiger partial charge in [-0.1, -0.05) is 72.8 Å². The molecule has 0 aliphatic carbocycles. The van der Waals surface area contributed by atoms with Crippen LogP contribution in [0.4, 0.5) is 18.0 Å². The molecule has 3 aromatic carbocycles. The summed E-state index contributed by atoms with van der Waals surface area (Å²) in [5.41, 5.74) is 6.84. The molecule has 0 unspecified atom stereocenters. The van der Waals surface area contributed by atoms with Crippen LogP contribution in [0.3, 0.4) is 0 Å². The predicted octanol–water partition coefficient (Wildman–Crippen LogP) is 6.21. The van der Waals surface area contributed by atoms with Gasteiger partial charge < -0.3 is 4.74 Å². The first-order valence-corrected chi connectivity index (χ1v) is 13.2. The minimum atomic E-state index is -4.44. The first-order chi connectivity index (χ1) is 19.2. The summed E-state index contributed by atoms with van der Waals surface area (Å²) in [4.78, 5) is 31.5. The fraction of sp³-hybridized carbons (Fsp3) is 0.207. The molecule has 1 heterocycles. The molecule has 1 aromatic heterocycles. The van der Waals surface area contributed by atoms with Crippen LogP contribution in [0.2, 0.25) is 0 Å². The molecule has 0 saturated carbocycles. The summed E-state index contributed by atoms with van der Waals surface area (Å²) < 4.78 is 43.7. The van der Waals surface area contributed by atoms with Crippen molar-refractivity contribution in [2.45, 2.75) is 26.2 Å². The third-order valence-corrected chi connectivity index (χ3v) is 7.08. The minimum absolute atomic E-state index is 0.0963. The number of rotatable bonds is 9. The van der Waals surface area contributed by atoms with Crippen molar-refractivity contribution in [1.82, 2.24) is 20.7 Å². The Morgan fingerprint density at radius 3 is 2.00 bits per heavy atom. The number of nitrogens with one attached hydrogen (secondary N) is 2. The lowest BCUT2D eigenvalue weighted by atomic mass is 10.1.